The molecule has 0 unspecified atom stereocenters. The van der Waals surface area contributed by atoms with E-state index in [4.69, 9.17) is 9.15 Å². The molecule has 0 spiro atoms. The van der Waals surface area contributed by atoms with Gasteiger partial charge >= 0.3 is 5.97 Å². The number of fused-ring (bicyclic) bond motifs is 2. The molecule has 0 atom stereocenters. The van der Waals surface area contributed by atoms with Gasteiger partial charge in [-0.25, -0.2) is 0 Å². The smallest absolute Gasteiger partial charge is 0.310 e. The van der Waals surface area contributed by atoms with Crippen LogP contribution in [0.25, 0.3) is 16.5 Å². The van der Waals surface area contributed by atoms with Gasteiger partial charge in [-0.15, -0.1) is 0 Å². The number of hydrogen-bond acceptors (Lipinski definition) is 4. The number of nitriles is 1. The number of rotatable bonds is 4. The van der Waals surface area contributed by atoms with Crippen LogP contribution < -0.4 is 0 Å². The van der Waals surface area contributed by atoms with Crippen LogP contribution in [-0.2, 0) is 22.6 Å². The molecule has 0 aliphatic carbocycles. The molecule has 0 radical (unpaired) electrons. The Bertz CT molecular complexity index is 1210. The lowest BCUT2D eigenvalue weighted by atomic mass is 10.0. The number of furan rings is 1. The molecule has 5 nitrogen and oxygen atoms in total. The fourth-order valence-corrected chi connectivity index (χ4v) is 3.25. The van der Waals surface area contributed by atoms with Crippen LogP contribution in [0.4, 0.5) is 0 Å². The minimum atomic E-state index is -0.352. The summed E-state index contributed by atoms with van der Waals surface area (Å²) in [6.45, 7) is 4.13. The molecule has 0 saturated carbocycles. The van der Waals surface area contributed by atoms with E-state index >= 15 is 0 Å². The molecule has 3 aromatic heterocycles. The molecule has 0 saturated heterocycles. The van der Waals surface area contributed by atoms with Crippen LogP contribution in [0.3, 0.4) is 0 Å². The van der Waals surface area contributed by atoms with E-state index in [1.807, 2.05) is 61.0 Å². The van der Waals surface area contributed by atoms with E-state index in [0.717, 1.165) is 33.2 Å². The summed E-state index contributed by atoms with van der Waals surface area (Å²) in [5.41, 5.74) is 5.90. The van der Waals surface area contributed by atoms with Crippen LogP contribution in [0.1, 0.15) is 27.8 Å². The van der Waals surface area contributed by atoms with Gasteiger partial charge in [0, 0.05) is 28.9 Å². The first-order valence-electron chi connectivity index (χ1n) is 8.68. The van der Waals surface area contributed by atoms with Crippen molar-refractivity contribution in [3.05, 3.63) is 76.8 Å². The van der Waals surface area contributed by atoms with Crippen LogP contribution in [0.5, 0.6) is 0 Å². The Hall–Kier alpha value is -3.52. The molecule has 27 heavy (non-hydrogen) atoms. The van der Waals surface area contributed by atoms with Gasteiger partial charge in [0.05, 0.1) is 23.8 Å². The van der Waals surface area contributed by atoms with E-state index in [9.17, 15) is 10.1 Å². The first kappa shape index (κ1) is 16.9. The molecule has 0 amide bonds. The molecule has 134 valence electrons. The van der Waals surface area contributed by atoms with Crippen molar-refractivity contribution in [2.24, 2.45) is 0 Å². The monoisotopic (exact) mass is 358 g/mol. The van der Waals surface area contributed by atoms with Crippen molar-refractivity contribution in [2.45, 2.75) is 26.9 Å². The Morgan fingerprint density at radius 3 is 2.85 bits per heavy atom. The summed E-state index contributed by atoms with van der Waals surface area (Å²) in [7, 11) is 0. The summed E-state index contributed by atoms with van der Waals surface area (Å²) in [6.07, 6.45) is 5.42. The van der Waals surface area contributed by atoms with Crippen LogP contribution in [0, 0.1) is 25.2 Å². The van der Waals surface area contributed by atoms with Crippen molar-refractivity contribution in [2.75, 3.05) is 0 Å². The second-order valence-corrected chi connectivity index (χ2v) is 6.67. The number of carbonyl (C=O) groups excluding carboxylic acids is 1. The van der Waals surface area contributed by atoms with E-state index < -0.39 is 0 Å². The molecule has 4 rings (SSSR count). The SMILES string of the molecule is Cc1cc2occ(CC(=O)OCc3cn4ccccc4c3C#N)c2cc1C. The van der Waals surface area contributed by atoms with Crippen molar-refractivity contribution in [3.63, 3.8) is 0 Å². The van der Waals surface area contributed by atoms with Gasteiger partial charge in [-0.05, 0) is 49.2 Å². The van der Waals surface area contributed by atoms with Crippen molar-refractivity contribution >= 4 is 22.5 Å². The Labute approximate surface area is 156 Å². The quantitative estimate of drug-likeness (QED) is 0.505. The van der Waals surface area contributed by atoms with E-state index in [1.54, 1.807) is 6.26 Å². The zero-order chi connectivity index (χ0) is 19.0. The molecule has 0 aliphatic rings. The second kappa shape index (κ2) is 6.65. The number of nitrogens with zero attached hydrogens (tertiary/aromatic N) is 2. The number of carbonyl (C=O) groups is 1. The lowest BCUT2D eigenvalue weighted by Gasteiger charge is -2.04. The zero-order valence-corrected chi connectivity index (χ0v) is 15.2. The van der Waals surface area contributed by atoms with Crippen LogP contribution >= 0.6 is 0 Å². The Balaban J connectivity index is 1.51. The molecule has 1 aromatic carbocycles. The summed E-state index contributed by atoms with van der Waals surface area (Å²) in [5.74, 6) is -0.352. The molecule has 0 aliphatic heterocycles. The normalized spacial score (nSPS) is 11.0. The van der Waals surface area contributed by atoms with Crippen LogP contribution in [0.2, 0.25) is 0 Å². The molecule has 3 heterocycles. The molecule has 0 N–H and O–H groups in total. The minimum absolute atomic E-state index is 0.0668. The highest BCUT2D eigenvalue weighted by Crippen LogP contribution is 2.25. The maximum atomic E-state index is 12.3. The fourth-order valence-electron chi connectivity index (χ4n) is 3.25. The summed E-state index contributed by atoms with van der Waals surface area (Å²) in [4.78, 5) is 12.3. The summed E-state index contributed by atoms with van der Waals surface area (Å²) in [6, 6.07) is 11.8. The van der Waals surface area contributed by atoms with E-state index in [2.05, 4.69) is 6.07 Å². The van der Waals surface area contributed by atoms with Crippen molar-refractivity contribution in [1.29, 1.82) is 5.26 Å². The number of hydrogen-bond donors (Lipinski definition) is 0. The predicted molar refractivity (Wildman–Crippen MR) is 101 cm³/mol. The van der Waals surface area contributed by atoms with E-state index in [0.29, 0.717) is 11.1 Å². The predicted octanol–water partition coefficient (Wildman–Crippen LogP) is 4.46. The number of ether oxygens (including phenoxy) is 1. The molecular weight excluding hydrogens is 340 g/mol. The Morgan fingerprint density at radius 2 is 2.04 bits per heavy atom. The first-order chi connectivity index (χ1) is 13.1. The second-order valence-electron chi connectivity index (χ2n) is 6.67. The Kier molecular flexibility index (Phi) is 4.17. The number of aryl methyl sites for hydroxylation is 2. The number of benzene rings is 1. The lowest BCUT2D eigenvalue weighted by Crippen LogP contribution is -2.08. The summed E-state index contributed by atoms with van der Waals surface area (Å²) >= 11 is 0. The molecule has 4 aromatic rings. The van der Waals surface area contributed by atoms with Gasteiger partial charge in [0.2, 0.25) is 0 Å². The van der Waals surface area contributed by atoms with Crippen molar-refractivity contribution in [1.82, 2.24) is 4.40 Å². The zero-order valence-electron chi connectivity index (χ0n) is 15.2. The Morgan fingerprint density at radius 1 is 1.22 bits per heavy atom. The minimum Gasteiger partial charge on any atom is -0.464 e. The highest BCUT2D eigenvalue weighted by Gasteiger charge is 2.15. The van der Waals surface area contributed by atoms with Gasteiger partial charge in [-0.2, -0.15) is 5.26 Å². The summed E-state index contributed by atoms with van der Waals surface area (Å²) < 4.78 is 12.9. The average Bonchev–Trinajstić information content (AvgIpc) is 3.21. The fraction of sp³-hybridized carbons (Fsp3) is 0.182. The van der Waals surface area contributed by atoms with E-state index in [1.165, 1.54) is 0 Å². The highest BCUT2D eigenvalue weighted by molar-refractivity contribution is 5.86. The molecular formula is C22H18N2O3. The molecule has 5 heteroatoms. The van der Waals surface area contributed by atoms with Gasteiger partial charge < -0.3 is 13.6 Å². The maximum Gasteiger partial charge on any atom is 0.310 e. The van der Waals surface area contributed by atoms with Gasteiger partial charge in [0.1, 0.15) is 18.3 Å². The van der Waals surface area contributed by atoms with Gasteiger partial charge in [0.25, 0.3) is 0 Å². The number of aromatic nitrogens is 1. The van der Waals surface area contributed by atoms with Crippen LogP contribution in [0.15, 0.2) is 53.4 Å². The summed E-state index contributed by atoms with van der Waals surface area (Å²) in [5, 5.41) is 10.4. The third kappa shape index (κ3) is 3.06. The average molecular weight is 358 g/mol. The third-order valence-corrected chi connectivity index (χ3v) is 4.87. The van der Waals surface area contributed by atoms with Crippen LogP contribution in [-0.4, -0.2) is 10.4 Å². The first-order valence-corrected chi connectivity index (χ1v) is 8.68. The molecule has 0 bridgehead atoms. The van der Waals surface area contributed by atoms with Gasteiger partial charge in [-0.1, -0.05) is 6.07 Å². The molecule has 0 fully saturated rings. The highest BCUT2D eigenvalue weighted by atomic mass is 16.5. The van der Waals surface area contributed by atoms with Crippen molar-refractivity contribution < 1.29 is 13.9 Å². The maximum absolute atomic E-state index is 12.3. The standard InChI is InChI=1S/C22H18N2O3/c1-14-7-18-16(12-26-21(18)8-15(14)2)9-22(25)27-13-17-11-24-6-4-3-5-20(24)19(17)10-23/h3-8,11-12H,9,13H2,1-2H3. The van der Waals surface area contributed by atoms with Gasteiger partial charge in [-0.3, -0.25) is 4.79 Å². The number of pyridine rings is 1. The largest absolute Gasteiger partial charge is 0.464 e. The third-order valence-electron chi connectivity index (χ3n) is 4.87. The lowest BCUT2D eigenvalue weighted by molar-refractivity contribution is -0.144. The van der Waals surface area contributed by atoms with Crippen molar-refractivity contribution in [3.8, 4) is 6.07 Å². The topological polar surface area (TPSA) is 67.6 Å². The number of esters is 1. The van der Waals surface area contributed by atoms with E-state index in [-0.39, 0.29) is 19.0 Å². The van der Waals surface area contributed by atoms with Gasteiger partial charge in [0.15, 0.2) is 0 Å².